The van der Waals surface area contributed by atoms with Crippen molar-refractivity contribution < 1.29 is 14.6 Å². The van der Waals surface area contributed by atoms with Gasteiger partial charge in [-0.3, -0.25) is 4.79 Å². The number of hydrogen-bond acceptors (Lipinski definition) is 3. The van der Waals surface area contributed by atoms with Crippen LogP contribution in [0.15, 0.2) is 23.0 Å². The molecule has 21 heavy (non-hydrogen) atoms. The minimum atomic E-state index is -1.07. The number of carboxylic acids is 1. The Bertz CT molecular complexity index is 787. The van der Waals surface area contributed by atoms with E-state index in [0.717, 1.165) is 12.8 Å². The molecule has 1 fully saturated rings. The molecule has 0 amide bonds. The second kappa shape index (κ2) is 4.91. The molecule has 0 aliphatic heterocycles. The van der Waals surface area contributed by atoms with Crippen LogP contribution in [0.1, 0.15) is 28.9 Å². The van der Waals surface area contributed by atoms with E-state index in [1.165, 1.54) is 7.11 Å². The molecule has 1 aromatic carbocycles. The van der Waals surface area contributed by atoms with Gasteiger partial charge < -0.3 is 14.4 Å². The first kappa shape index (κ1) is 13.7. The molecule has 0 unspecified atom stereocenters. The summed E-state index contributed by atoms with van der Waals surface area (Å²) in [5.74, 6) is -0.0519. The number of aromatic carboxylic acids is 1. The average molecular weight is 287 g/mol. The lowest BCUT2D eigenvalue weighted by atomic mass is 10.1. The second-order valence-electron chi connectivity index (χ2n) is 5.52. The Kier molecular flexibility index (Phi) is 3.20. The number of fused-ring (bicyclic) bond motifs is 1. The summed E-state index contributed by atoms with van der Waals surface area (Å²) in [6.45, 7) is 2.19. The number of carbonyl (C=O) groups is 1. The predicted molar refractivity (Wildman–Crippen MR) is 79.2 cm³/mol. The van der Waals surface area contributed by atoms with Crippen molar-refractivity contribution in [3.05, 3.63) is 39.7 Å². The number of para-hydroxylation sites is 1. The van der Waals surface area contributed by atoms with E-state index in [-0.39, 0.29) is 16.7 Å². The number of methoxy groups -OCH3 is 1. The molecule has 0 radical (unpaired) electrons. The van der Waals surface area contributed by atoms with Crippen LogP contribution in [0.5, 0.6) is 5.75 Å². The molecular formula is C16H17NO4. The van der Waals surface area contributed by atoms with Crippen molar-refractivity contribution in [3.63, 3.8) is 0 Å². The van der Waals surface area contributed by atoms with Crippen LogP contribution in [0.25, 0.3) is 10.9 Å². The van der Waals surface area contributed by atoms with Gasteiger partial charge >= 0.3 is 5.97 Å². The highest BCUT2D eigenvalue weighted by Gasteiger charge is 2.27. The first-order valence-corrected chi connectivity index (χ1v) is 6.98. The number of carboxylic acid groups (broad SMARTS) is 1. The molecule has 0 bridgehead atoms. The Morgan fingerprint density at radius 3 is 2.71 bits per heavy atom. The molecule has 0 atom stereocenters. The molecule has 110 valence electrons. The topological polar surface area (TPSA) is 68.5 Å². The van der Waals surface area contributed by atoms with Crippen molar-refractivity contribution in [2.24, 2.45) is 5.92 Å². The number of hydrogen-bond donors (Lipinski definition) is 1. The highest BCUT2D eigenvalue weighted by molar-refractivity contribution is 5.94. The maximum absolute atomic E-state index is 12.4. The normalized spacial score (nSPS) is 14.4. The van der Waals surface area contributed by atoms with Crippen LogP contribution >= 0.6 is 0 Å². The third-order valence-electron chi connectivity index (χ3n) is 4.04. The average Bonchev–Trinajstić information content (AvgIpc) is 3.27. The van der Waals surface area contributed by atoms with E-state index in [9.17, 15) is 14.7 Å². The van der Waals surface area contributed by atoms with Gasteiger partial charge in [-0.25, -0.2) is 4.79 Å². The fourth-order valence-corrected chi connectivity index (χ4v) is 2.79. The molecular weight excluding hydrogens is 270 g/mol. The van der Waals surface area contributed by atoms with Gasteiger partial charge in [0, 0.05) is 17.5 Å². The van der Waals surface area contributed by atoms with Crippen molar-refractivity contribution in [2.45, 2.75) is 26.3 Å². The Morgan fingerprint density at radius 1 is 1.43 bits per heavy atom. The maximum Gasteiger partial charge on any atom is 0.352 e. The Hall–Kier alpha value is -2.30. The second-order valence-corrected chi connectivity index (χ2v) is 5.52. The fourth-order valence-electron chi connectivity index (χ4n) is 2.79. The van der Waals surface area contributed by atoms with Crippen molar-refractivity contribution in [2.75, 3.05) is 7.11 Å². The number of nitrogens with zero attached hydrogens (tertiary/aromatic N) is 1. The number of aromatic nitrogens is 1. The smallest absolute Gasteiger partial charge is 0.352 e. The highest BCUT2D eigenvalue weighted by Crippen LogP contribution is 2.34. The molecule has 0 saturated heterocycles. The lowest BCUT2D eigenvalue weighted by Gasteiger charge is -2.18. The third kappa shape index (κ3) is 2.18. The minimum absolute atomic E-state index is 0.0731. The summed E-state index contributed by atoms with van der Waals surface area (Å²) in [7, 11) is 1.53. The first-order chi connectivity index (χ1) is 10.0. The Morgan fingerprint density at radius 2 is 2.14 bits per heavy atom. The van der Waals surface area contributed by atoms with E-state index in [0.29, 0.717) is 29.1 Å². The highest BCUT2D eigenvalue weighted by atomic mass is 16.5. The lowest BCUT2D eigenvalue weighted by Crippen LogP contribution is -2.23. The third-order valence-corrected chi connectivity index (χ3v) is 4.04. The standard InChI is InChI=1S/C16H17NO4/c1-9-13(16(19)20)17(8-10-6-7-10)14-11(15(9)18)4-3-5-12(14)21-2/h3-5,10H,6-8H2,1-2H3,(H,19,20). The van der Waals surface area contributed by atoms with Crippen LogP contribution < -0.4 is 10.2 Å². The number of rotatable bonds is 4. The molecule has 1 saturated carbocycles. The number of benzene rings is 1. The van der Waals surface area contributed by atoms with Gasteiger partial charge in [-0.1, -0.05) is 6.07 Å². The van der Waals surface area contributed by atoms with Crippen LogP contribution in [-0.2, 0) is 6.54 Å². The molecule has 5 heteroatoms. The van der Waals surface area contributed by atoms with E-state index >= 15 is 0 Å². The van der Waals surface area contributed by atoms with Gasteiger partial charge in [0.05, 0.1) is 12.6 Å². The minimum Gasteiger partial charge on any atom is -0.495 e. The van der Waals surface area contributed by atoms with Crippen LogP contribution in [0.4, 0.5) is 0 Å². The van der Waals surface area contributed by atoms with Gasteiger partial charge in [0.2, 0.25) is 0 Å². The van der Waals surface area contributed by atoms with E-state index in [2.05, 4.69) is 0 Å². The molecule has 1 aromatic heterocycles. The summed E-state index contributed by atoms with van der Waals surface area (Å²) < 4.78 is 7.09. The quantitative estimate of drug-likeness (QED) is 0.937. The van der Waals surface area contributed by atoms with Gasteiger partial charge in [0.25, 0.3) is 0 Å². The summed E-state index contributed by atoms with van der Waals surface area (Å²) >= 11 is 0. The fraction of sp³-hybridized carbons (Fsp3) is 0.375. The van der Waals surface area contributed by atoms with Crippen molar-refractivity contribution in [1.82, 2.24) is 4.57 Å². The van der Waals surface area contributed by atoms with E-state index in [1.54, 1.807) is 29.7 Å². The van der Waals surface area contributed by atoms with Gasteiger partial charge in [-0.05, 0) is 37.8 Å². The van der Waals surface area contributed by atoms with Crippen molar-refractivity contribution in [1.29, 1.82) is 0 Å². The van der Waals surface area contributed by atoms with Gasteiger partial charge in [-0.2, -0.15) is 0 Å². The molecule has 1 aliphatic rings. The predicted octanol–water partition coefficient (Wildman–Crippen LogP) is 2.43. The molecule has 5 nitrogen and oxygen atoms in total. The van der Waals surface area contributed by atoms with Crippen molar-refractivity contribution >= 4 is 16.9 Å². The Balaban J connectivity index is 2.45. The SMILES string of the molecule is COc1cccc2c(=O)c(C)c(C(=O)O)n(CC3CC3)c12. The molecule has 1 heterocycles. The summed E-state index contributed by atoms with van der Waals surface area (Å²) in [5.41, 5.74) is 0.695. The van der Waals surface area contributed by atoms with Crippen molar-refractivity contribution in [3.8, 4) is 5.75 Å². The largest absolute Gasteiger partial charge is 0.495 e. The summed E-state index contributed by atoms with van der Waals surface area (Å²) in [4.78, 5) is 24.1. The zero-order chi connectivity index (χ0) is 15.1. The van der Waals surface area contributed by atoms with Crippen LogP contribution in [0.3, 0.4) is 0 Å². The lowest BCUT2D eigenvalue weighted by molar-refractivity contribution is 0.0683. The maximum atomic E-state index is 12.4. The zero-order valence-corrected chi connectivity index (χ0v) is 12.0. The molecule has 1 aliphatic carbocycles. The first-order valence-electron chi connectivity index (χ1n) is 6.98. The van der Waals surface area contributed by atoms with Crippen LogP contribution in [0, 0.1) is 12.8 Å². The van der Waals surface area contributed by atoms with E-state index < -0.39 is 5.97 Å². The molecule has 2 aromatic rings. The summed E-state index contributed by atoms with van der Waals surface area (Å²) in [6, 6.07) is 5.23. The van der Waals surface area contributed by atoms with Crippen LogP contribution in [0.2, 0.25) is 0 Å². The molecule has 3 rings (SSSR count). The van der Waals surface area contributed by atoms with E-state index in [1.807, 2.05) is 0 Å². The zero-order valence-electron chi connectivity index (χ0n) is 12.0. The van der Waals surface area contributed by atoms with E-state index in [4.69, 9.17) is 4.74 Å². The molecule has 0 spiro atoms. The van der Waals surface area contributed by atoms with Gasteiger partial charge in [0.1, 0.15) is 11.4 Å². The number of pyridine rings is 1. The Labute approximate surface area is 121 Å². The van der Waals surface area contributed by atoms with Gasteiger partial charge in [-0.15, -0.1) is 0 Å². The number of ether oxygens (including phenoxy) is 1. The van der Waals surface area contributed by atoms with Gasteiger partial charge in [0.15, 0.2) is 5.43 Å². The van der Waals surface area contributed by atoms with Crippen LogP contribution in [-0.4, -0.2) is 22.8 Å². The summed E-state index contributed by atoms with van der Waals surface area (Å²) in [5, 5.41) is 10.0. The molecule has 1 N–H and O–H groups in total. The monoisotopic (exact) mass is 287 g/mol. The summed E-state index contributed by atoms with van der Waals surface area (Å²) in [6.07, 6.45) is 2.20.